The number of rotatable bonds is 7. The second-order valence-corrected chi connectivity index (χ2v) is 4.61. The predicted octanol–water partition coefficient (Wildman–Crippen LogP) is 0.706. The topological polar surface area (TPSA) is 99.2 Å². The van der Waals surface area contributed by atoms with Gasteiger partial charge in [0.25, 0.3) is 0 Å². The summed E-state index contributed by atoms with van der Waals surface area (Å²) in [4.78, 5) is 19.9. The fourth-order valence-corrected chi connectivity index (χ4v) is 1.88. The molecular weight excluding hydrogens is 282 g/mol. The Bertz CT molecular complexity index is 616. The normalized spacial score (nSPS) is 10.3. The third-order valence-corrected chi connectivity index (χ3v) is 2.86. The number of nitrogens with zero attached hydrogens (tertiary/aromatic N) is 2. The van der Waals surface area contributed by atoms with Gasteiger partial charge in [0.1, 0.15) is 0 Å². The van der Waals surface area contributed by atoms with E-state index in [9.17, 15) is 4.79 Å². The van der Waals surface area contributed by atoms with E-state index in [0.717, 1.165) is 16.8 Å². The van der Waals surface area contributed by atoms with Gasteiger partial charge in [0.2, 0.25) is 11.9 Å². The number of likely N-dealkylation sites (N-methyl/N-ethyl adjacent to an activating group) is 1. The molecule has 2 aromatic rings. The van der Waals surface area contributed by atoms with E-state index in [2.05, 4.69) is 25.9 Å². The molecule has 0 aliphatic rings. The Morgan fingerprint density at radius 2 is 2.00 bits per heavy atom. The van der Waals surface area contributed by atoms with Crippen LogP contribution in [0.15, 0.2) is 36.7 Å². The van der Waals surface area contributed by atoms with Crippen LogP contribution in [0.3, 0.4) is 0 Å². The van der Waals surface area contributed by atoms with Gasteiger partial charge in [-0.2, -0.15) is 0 Å². The van der Waals surface area contributed by atoms with Gasteiger partial charge in [-0.1, -0.05) is 12.1 Å². The lowest BCUT2D eigenvalue weighted by Crippen LogP contribution is -2.24. The summed E-state index contributed by atoms with van der Waals surface area (Å²) in [5, 5.41) is 17.2. The van der Waals surface area contributed by atoms with Crippen LogP contribution in [-0.2, 0) is 4.79 Å². The molecular formula is C15H19N5O2. The number of aromatic nitrogens is 2. The molecule has 0 saturated heterocycles. The molecule has 116 valence electrons. The van der Waals surface area contributed by atoms with Gasteiger partial charge < -0.3 is 21.1 Å². The van der Waals surface area contributed by atoms with E-state index in [1.807, 2.05) is 24.3 Å². The largest absolute Gasteiger partial charge is 0.395 e. The lowest BCUT2D eigenvalue weighted by atomic mass is 10.1. The number of nitrogens with one attached hydrogen (secondary N) is 3. The number of benzene rings is 1. The van der Waals surface area contributed by atoms with Crippen LogP contribution in [0.25, 0.3) is 11.1 Å². The van der Waals surface area contributed by atoms with Crippen molar-refractivity contribution >= 4 is 17.5 Å². The van der Waals surface area contributed by atoms with Crippen molar-refractivity contribution in [3.05, 3.63) is 36.7 Å². The molecule has 0 aliphatic carbocycles. The number of carbonyl (C=O) groups is 1. The Hall–Kier alpha value is -2.51. The molecule has 0 atom stereocenters. The zero-order chi connectivity index (χ0) is 15.8. The lowest BCUT2D eigenvalue weighted by molar-refractivity contribution is -0.115. The number of aliphatic hydroxyl groups excluding tert-OH is 1. The van der Waals surface area contributed by atoms with Gasteiger partial charge in [0.15, 0.2) is 0 Å². The number of amides is 1. The lowest BCUT2D eigenvalue weighted by Gasteiger charge is -2.08. The molecule has 7 heteroatoms. The number of aliphatic hydroxyl groups is 1. The maximum atomic E-state index is 11.6. The van der Waals surface area contributed by atoms with Crippen molar-refractivity contribution in [2.45, 2.75) is 0 Å². The fraction of sp³-hybridized carbons (Fsp3) is 0.267. The molecule has 0 aliphatic heterocycles. The highest BCUT2D eigenvalue weighted by molar-refractivity contribution is 5.92. The Morgan fingerprint density at radius 1 is 1.23 bits per heavy atom. The summed E-state index contributed by atoms with van der Waals surface area (Å²) in [6, 6.07) is 7.48. The van der Waals surface area contributed by atoms with Crippen molar-refractivity contribution in [1.82, 2.24) is 15.3 Å². The maximum absolute atomic E-state index is 11.6. The molecule has 1 aromatic heterocycles. The first-order valence-corrected chi connectivity index (χ1v) is 6.94. The van der Waals surface area contributed by atoms with Gasteiger partial charge in [-0.05, 0) is 24.7 Å². The van der Waals surface area contributed by atoms with Crippen LogP contribution in [0.1, 0.15) is 0 Å². The summed E-state index contributed by atoms with van der Waals surface area (Å²) in [6.07, 6.45) is 3.39. The van der Waals surface area contributed by atoms with Crippen molar-refractivity contribution in [3.8, 4) is 11.1 Å². The van der Waals surface area contributed by atoms with Gasteiger partial charge in [-0.3, -0.25) is 4.79 Å². The van der Waals surface area contributed by atoms with Gasteiger partial charge >= 0.3 is 0 Å². The minimum Gasteiger partial charge on any atom is -0.395 e. The average Bonchev–Trinajstić information content (AvgIpc) is 2.54. The third kappa shape index (κ3) is 4.51. The smallest absolute Gasteiger partial charge is 0.238 e. The molecule has 22 heavy (non-hydrogen) atoms. The van der Waals surface area contributed by atoms with Crippen LogP contribution >= 0.6 is 0 Å². The first-order chi connectivity index (χ1) is 10.7. The van der Waals surface area contributed by atoms with Crippen molar-refractivity contribution < 1.29 is 9.90 Å². The van der Waals surface area contributed by atoms with E-state index in [0.29, 0.717) is 12.5 Å². The second-order valence-electron chi connectivity index (χ2n) is 4.61. The summed E-state index contributed by atoms with van der Waals surface area (Å²) in [7, 11) is 1.72. The fourth-order valence-electron chi connectivity index (χ4n) is 1.88. The number of anilines is 2. The van der Waals surface area contributed by atoms with E-state index in [1.165, 1.54) is 0 Å². The van der Waals surface area contributed by atoms with Crippen LogP contribution in [0, 0.1) is 0 Å². The number of hydrogen-bond acceptors (Lipinski definition) is 6. The molecule has 1 aromatic carbocycles. The Morgan fingerprint density at radius 3 is 2.68 bits per heavy atom. The molecule has 0 bridgehead atoms. The number of hydrogen-bond donors (Lipinski definition) is 4. The minimum absolute atomic E-state index is 0.0273. The van der Waals surface area contributed by atoms with Crippen LogP contribution in [0.4, 0.5) is 11.6 Å². The zero-order valence-electron chi connectivity index (χ0n) is 12.3. The average molecular weight is 301 g/mol. The molecule has 0 saturated carbocycles. The maximum Gasteiger partial charge on any atom is 0.238 e. The molecule has 0 radical (unpaired) electrons. The van der Waals surface area contributed by atoms with E-state index >= 15 is 0 Å². The highest BCUT2D eigenvalue weighted by Crippen LogP contribution is 2.21. The molecule has 0 spiro atoms. The summed E-state index contributed by atoms with van der Waals surface area (Å²) < 4.78 is 0. The molecule has 0 fully saturated rings. The van der Waals surface area contributed by atoms with Crippen molar-refractivity contribution in [3.63, 3.8) is 0 Å². The standard InChI is InChI=1S/C15H19N5O2/c1-16-10-14(22)20-13-4-2-3-11(7-13)12-8-18-15(19-9-12)17-5-6-21/h2-4,7-9,16,21H,5-6,10H2,1H3,(H,20,22)(H,17,18,19). The Balaban J connectivity index is 2.10. The quantitative estimate of drug-likeness (QED) is 0.601. The molecule has 7 nitrogen and oxygen atoms in total. The first-order valence-electron chi connectivity index (χ1n) is 6.94. The molecule has 2 rings (SSSR count). The van der Waals surface area contributed by atoms with E-state index < -0.39 is 0 Å². The SMILES string of the molecule is CNCC(=O)Nc1cccc(-c2cnc(NCCO)nc2)c1. The van der Waals surface area contributed by atoms with Crippen LogP contribution in [-0.4, -0.2) is 47.7 Å². The minimum atomic E-state index is -0.0977. The zero-order valence-corrected chi connectivity index (χ0v) is 12.3. The molecule has 1 heterocycles. The molecule has 4 N–H and O–H groups in total. The van der Waals surface area contributed by atoms with Gasteiger partial charge in [-0.25, -0.2) is 9.97 Å². The third-order valence-electron chi connectivity index (χ3n) is 2.86. The van der Waals surface area contributed by atoms with Crippen molar-refractivity contribution in [2.75, 3.05) is 37.4 Å². The highest BCUT2D eigenvalue weighted by atomic mass is 16.3. The van der Waals surface area contributed by atoms with Gasteiger partial charge in [0, 0.05) is 30.2 Å². The molecule has 0 unspecified atom stereocenters. The van der Waals surface area contributed by atoms with E-state index in [1.54, 1.807) is 19.4 Å². The second kappa shape index (κ2) is 8.06. The van der Waals surface area contributed by atoms with Gasteiger partial charge in [0.05, 0.1) is 13.2 Å². The predicted molar refractivity (Wildman–Crippen MR) is 85.6 cm³/mol. The highest BCUT2D eigenvalue weighted by Gasteiger charge is 2.04. The first kappa shape index (κ1) is 15.9. The summed E-state index contributed by atoms with van der Waals surface area (Å²) in [6.45, 7) is 0.699. The van der Waals surface area contributed by atoms with Crippen LogP contribution < -0.4 is 16.0 Å². The Labute approximate surface area is 128 Å². The van der Waals surface area contributed by atoms with E-state index in [4.69, 9.17) is 5.11 Å². The summed E-state index contributed by atoms with van der Waals surface area (Å²) in [5.74, 6) is 0.371. The van der Waals surface area contributed by atoms with Gasteiger partial charge in [-0.15, -0.1) is 0 Å². The van der Waals surface area contributed by atoms with Crippen LogP contribution in [0.2, 0.25) is 0 Å². The van der Waals surface area contributed by atoms with Crippen LogP contribution in [0.5, 0.6) is 0 Å². The summed E-state index contributed by atoms with van der Waals surface area (Å²) in [5.41, 5.74) is 2.48. The monoisotopic (exact) mass is 301 g/mol. The number of carbonyl (C=O) groups excluding carboxylic acids is 1. The van der Waals surface area contributed by atoms with E-state index in [-0.39, 0.29) is 19.1 Å². The molecule has 1 amide bonds. The summed E-state index contributed by atoms with van der Waals surface area (Å²) >= 11 is 0. The van der Waals surface area contributed by atoms with Crippen molar-refractivity contribution in [2.24, 2.45) is 0 Å². The van der Waals surface area contributed by atoms with Crippen molar-refractivity contribution in [1.29, 1.82) is 0 Å². The Kier molecular flexibility index (Phi) is 5.81.